The van der Waals surface area contributed by atoms with E-state index >= 15 is 0 Å². The highest BCUT2D eigenvalue weighted by molar-refractivity contribution is 8.00. The predicted octanol–water partition coefficient (Wildman–Crippen LogP) is 1.99. The fraction of sp³-hybridized carbons (Fsp3) is 0.727. The van der Waals surface area contributed by atoms with Crippen molar-refractivity contribution in [2.75, 3.05) is 18.8 Å². The fourth-order valence-corrected chi connectivity index (χ4v) is 3.26. The summed E-state index contributed by atoms with van der Waals surface area (Å²) in [5.74, 6) is 0.759. The molecule has 1 fully saturated rings. The predicted molar refractivity (Wildman–Crippen MR) is 61.5 cm³/mol. The molecule has 15 heavy (non-hydrogen) atoms. The van der Waals surface area contributed by atoms with E-state index in [4.69, 9.17) is 4.74 Å². The first-order valence-electron chi connectivity index (χ1n) is 5.50. The summed E-state index contributed by atoms with van der Waals surface area (Å²) in [6.45, 7) is 6.20. The number of nitrogens with zero attached hydrogens (tertiary/aromatic N) is 1. The van der Waals surface area contributed by atoms with Crippen LogP contribution in [-0.4, -0.2) is 34.6 Å². The van der Waals surface area contributed by atoms with Gasteiger partial charge in [0.05, 0.1) is 5.70 Å². The maximum absolute atomic E-state index is 11.4. The highest BCUT2D eigenvalue weighted by Crippen LogP contribution is 2.40. The molecule has 1 unspecified atom stereocenters. The first kappa shape index (κ1) is 10.9. The lowest BCUT2D eigenvalue weighted by Gasteiger charge is -2.31. The number of hydrogen-bond acceptors (Lipinski definition) is 4. The molecule has 2 aliphatic heterocycles. The summed E-state index contributed by atoms with van der Waals surface area (Å²) in [6.07, 6.45) is 4.10. The highest BCUT2D eigenvalue weighted by Gasteiger charge is 2.42. The van der Waals surface area contributed by atoms with Gasteiger partial charge in [0, 0.05) is 19.2 Å². The Morgan fingerprint density at radius 1 is 1.53 bits per heavy atom. The van der Waals surface area contributed by atoms with Gasteiger partial charge in [0.1, 0.15) is 0 Å². The SMILES string of the molecule is CCSC1(C)OC(=O)C=C1N1CCCC1. The van der Waals surface area contributed by atoms with E-state index in [0.717, 1.165) is 24.5 Å². The van der Waals surface area contributed by atoms with E-state index in [2.05, 4.69) is 11.8 Å². The van der Waals surface area contributed by atoms with Crippen LogP contribution in [0, 0.1) is 0 Å². The molecule has 1 saturated heterocycles. The van der Waals surface area contributed by atoms with Crippen LogP contribution in [0.1, 0.15) is 26.7 Å². The van der Waals surface area contributed by atoms with Crippen molar-refractivity contribution < 1.29 is 9.53 Å². The minimum Gasteiger partial charge on any atom is -0.439 e. The average molecular weight is 227 g/mol. The maximum Gasteiger partial charge on any atom is 0.334 e. The average Bonchev–Trinajstić information content (AvgIpc) is 2.73. The van der Waals surface area contributed by atoms with Crippen molar-refractivity contribution in [3.8, 4) is 0 Å². The van der Waals surface area contributed by atoms with E-state index in [1.807, 2.05) is 6.92 Å². The van der Waals surface area contributed by atoms with Crippen molar-refractivity contribution in [1.82, 2.24) is 4.90 Å². The van der Waals surface area contributed by atoms with Gasteiger partial charge in [-0.15, -0.1) is 11.8 Å². The molecule has 2 rings (SSSR count). The standard InChI is InChI=1S/C11H17NO2S/c1-3-15-11(2)9(8-10(13)14-11)12-6-4-5-7-12/h8H,3-7H2,1-2H3. The van der Waals surface area contributed by atoms with E-state index in [-0.39, 0.29) is 5.97 Å². The number of ether oxygens (including phenoxy) is 1. The van der Waals surface area contributed by atoms with E-state index < -0.39 is 4.93 Å². The fourth-order valence-electron chi connectivity index (χ4n) is 2.23. The van der Waals surface area contributed by atoms with Gasteiger partial charge in [-0.1, -0.05) is 6.92 Å². The molecular formula is C11H17NO2S. The van der Waals surface area contributed by atoms with Gasteiger partial charge in [-0.3, -0.25) is 0 Å². The van der Waals surface area contributed by atoms with E-state index in [9.17, 15) is 4.79 Å². The molecule has 0 bridgehead atoms. The Balaban J connectivity index is 2.18. The van der Waals surface area contributed by atoms with Gasteiger partial charge in [-0.2, -0.15) is 0 Å². The number of carbonyl (C=O) groups is 1. The molecule has 0 aromatic heterocycles. The number of carbonyl (C=O) groups excluding carboxylic acids is 1. The maximum atomic E-state index is 11.4. The summed E-state index contributed by atoms with van der Waals surface area (Å²) in [6, 6.07) is 0. The van der Waals surface area contributed by atoms with Gasteiger partial charge < -0.3 is 9.64 Å². The Hall–Kier alpha value is -0.640. The number of hydrogen-bond donors (Lipinski definition) is 0. The van der Waals surface area contributed by atoms with Crippen LogP contribution in [0.25, 0.3) is 0 Å². The largest absolute Gasteiger partial charge is 0.439 e. The van der Waals surface area contributed by atoms with Crippen LogP contribution in [0.5, 0.6) is 0 Å². The van der Waals surface area contributed by atoms with Gasteiger partial charge in [0.15, 0.2) is 4.93 Å². The Kier molecular flexibility index (Phi) is 2.96. The quantitative estimate of drug-likeness (QED) is 0.690. The second kappa shape index (κ2) is 4.08. The molecule has 0 saturated carbocycles. The molecule has 4 heteroatoms. The Morgan fingerprint density at radius 2 is 2.20 bits per heavy atom. The minimum atomic E-state index is -0.448. The molecule has 0 aliphatic carbocycles. The third kappa shape index (κ3) is 2.00. The lowest BCUT2D eigenvalue weighted by Crippen LogP contribution is -2.33. The molecule has 0 spiro atoms. The smallest absolute Gasteiger partial charge is 0.334 e. The number of thioether (sulfide) groups is 1. The molecule has 84 valence electrons. The van der Waals surface area contributed by atoms with Crippen LogP contribution >= 0.6 is 11.8 Å². The monoisotopic (exact) mass is 227 g/mol. The number of likely N-dealkylation sites (tertiary alicyclic amines) is 1. The van der Waals surface area contributed by atoms with E-state index in [1.165, 1.54) is 12.8 Å². The summed E-state index contributed by atoms with van der Waals surface area (Å²) in [5.41, 5.74) is 1.07. The molecule has 2 aliphatic rings. The van der Waals surface area contributed by atoms with Crippen LogP contribution in [0.15, 0.2) is 11.8 Å². The summed E-state index contributed by atoms with van der Waals surface area (Å²) in [7, 11) is 0. The van der Waals surface area contributed by atoms with Gasteiger partial charge in [-0.25, -0.2) is 4.79 Å². The summed E-state index contributed by atoms with van der Waals surface area (Å²) < 4.78 is 5.40. The molecule has 2 heterocycles. The molecular weight excluding hydrogens is 210 g/mol. The van der Waals surface area contributed by atoms with Crippen LogP contribution in [0.2, 0.25) is 0 Å². The van der Waals surface area contributed by atoms with E-state index in [0.29, 0.717) is 0 Å². The van der Waals surface area contributed by atoms with Crippen LogP contribution in [0.3, 0.4) is 0 Å². The Bertz CT molecular complexity index is 297. The second-order valence-electron chi connectivity index (χ2n) is 4.02. The van der Waals surface area contributed by atoms with Gasteiger partial charge in [0.25, 0.3) is 0 Å². The molecule has 0 aromatic rings. The molecule has 0 aromatic carbocycles. The number of cyclic esters (lactones) is 1. The number of rotatable bonds is 3. The zero-order valence-electron chi connectivity index (χ0n) is 9.28. The second-order valence-corrected chi connectivity index (χ2v) is 5.67. The normalized spacial score (nSPS) is 30.7. The van der Waals surface area contributed by atoms with Crippen molar-refractivity contribution >= 4 is 17.7 Å². The Labute approximate surface area is 94.8 Å². The molecule has 0 amide bonds. The number of esters is 1. The first-order valence-corrected chi connectivity index (χ1v) is 6.48. The van der Waals surface area contributed by atoms with Crippen molar-refractivity contribution in [2.24, 2.45) is 0 Å². The van der Waals surface area contributed by atoms with Crippen LogP contribution in [0.4, 0.5) is 0 Å². The summed E-state index contributed by atoms with van der Waals surface area (Å²) in [5, 5.41) is 0. The topological polar surface area (TPSA) is 29.5 Å². The molecule has 3 nitrogen and oxygen atoms in total. The lowest BCUT2D eigenvalue weighted by atomic mass is 10.2. The summed E-state index contributed by atoms with van der Waals surface area (Å²) in [4.78, 5) is 13.2. The zero-order valence-corrected chi connectivity index (χ0v) is 10.1. The third-order valence-corrected chi connectivity index (χ3v) is 4.01. The third-order valence-electron chi connectivity index (χ3n) is 2.88. The molecule has 1 atom stereocenters. The lowest BCUT2D eigenvalue weighted by molar-refractivity contribution is -0.140. The van der Waals surface area contributed by atoms with Crippen molar-refractivity contribution in [3.05, 3.63) is 11.8 Å². The minimum absolute atomic E-state index is 0.194. The summed E-state index contributed by atoms with van der Waals surface area (Å²) >= 11 is 1.69. The van der Waals surface area contributed by atoms with Crippen LogP contribution < -0.4 is 0 Å². The van der Waals surface area contributed by atoms with Gasteiger partial charge in [-0.05, 0) is 25.5 Å². The molecule has 0 radical (unpaired) electrons. The zero-order chi connectivity index (χ0) is 10.9. The van der Waals surface area contributed by atoms with Crippen molar-refractivity contribution in [1.29, 1.82) is 0 Å². The first-order chi connectivity index (χ1) is 7.15. The van der Waals surface area contributed by atoms with Crippen molar-refractivity contribution in [3.63, 3.8) is 0 Å². The van der Waals surface area contributed by atoms with Gasteiger partial charge >= 0.3 is 5.97 Å². The van der Waals surface area contributed by atoms with Crippen molar-refractivity contribution in [2.45, 2.75) is 31.6 Å². The van der Waals surface area contributed by atoms with E-state index in [1.54, 1.807) is 17.8 Å². The van der Waals surface area contributed by atoms with Crippen LogP contribution in [-0.2, 0) is 9.53 Å². The highest BCUT2D eigenvalue weighted by atomic mass is 32.2. The van der Waals surface area contributed by atoms with Gasteiger partial charge in [0.2, 0.25) is 0 Å². The molecule has 0 N–H and O–H groups in total. The Morgan fingerprint density at radius 3 is 2.80 bits per heavy atom.